The summed E-state index contributed by atoms with van der Waals surface area (Å²) in [6, 6.07) is 12.3. The van der Waals surface area contributed by atoms with Crippen LogP contribution in [-0.2, 0) is 0 Å². The summed E-state index contributed by atoms with van der Waals surface area (Å²) in [5.41, 5.74) is 2.28. The van der Waals surface area contributed by atoms with Gasteiger partial charge < -0.3 is 24.4 Å². The summed E-state index contributed by atoms with van der Waals surface area (Å²) in [5.74, 6) is 0.253. The lowest BCUT2D eigenvalue weighted by Gasteiger charge is -2.37. The summed E-state index contributed by atoms with van der Waals surface area (Å²) in [6.07, 6.45) is 4.35. The van der Waals surface area contributed by atoms with Crippen LogP contribution in [0.1, 0.15) is 34.6 Å². The number of para-hydroxylation sites is 1. The number of aliphatic hydroxyl groups excluding tert-OH is 1. The van der Waals surface area contributed by atoms with Gasteiger partial charge in [0.15, 0.2) is 0 Å². The Balaban J connectivity index is 1.71. The smallest absolute Gasteiger partial charge is 0.259 e. The molecular weight excluding hydrogens is 472 g/mol. The molecule has 0 saturated carbocycles. The molecule has 0 radical (unpaired) electrons. The number of hydrogen-bond donors (Lipinski definition) is 1. The van der Waals surface area contributed by atoms with Crippen LogP contribution in [-0.4, -0.2) is 82.7 Å². The maximum atomic E-state index is 13.7. The Bertz CT molecular complexity index is 1250. The molecule has 37 heavy (non-hydrogen) atoms. The molecule has 1 aliphatic rings. The van der Waals surface area contributed by atoms with E-state index < -0.39 is 12.1 Å². The van der Waals surface area contributed by atoms with Gasteiger partial charge in [0.1, 0.15) is 17.4 Å². The van der Waals surface area contributed by atoms with Gasteiger partial charge in [-0.2, -0.15) is 0 Å². The van der Waals surface area contributed by atoms with Crippen molar-refractivity contribution in [3.63, 3.8) is 0 Å². The van der Waals surface area contributed by atoms with E-state index >= 15 is 0 Å². The van der Waals surface area contributed by atoms with Gasteiger partial charge in [-0.05, 0) is 31.2 Å². The van der Waals surface area contributed by atoms with E-state index in [0.29, 0.717) is 29.0 Å². The maximum Gasteiger partial charge on any atom is 0.259 e. The SMILES string of the molecule is COc1ccccc1-c1cnc2c(c1)C(=O)N([C@@H](C)CO)C[C@@H](C)[C@@H](CN(C)C(=O)c1cccnc1)O2. The second kappa shape index (κ2) is 11.4. The normalized spacial score (nSPS) is 18.2. The van der Waals surface area contributed by atoms with E-state index in [-0.39, 0.29) is 36.8 Å². The molecular formula is C28H32N4O5. The molecule has 4 rings (SSSR count). The van der Waals surface area contributed by atoms with Crippen LogP contribution in [0, 0.1) is 5.92 Å². The molecule has 2 aromatic heterocycles. The van der Waals surface area contributed by atoms with E-state index in [1.54, 1.807) is 61.5 Å². The van der Waals surface area contributed by atoms with Gasteiger partial charge in [-0.25, -0.2) is 4.98 Å². The number of ether oxygens (including phenoxy) is 2. The molecule has 3 atom stereocenters. The van der Waals surface area contributed by atoms with Crippen molar-refractivity contribution < 1.29 is 24.2 Å². The van der Waals surface area contributed by atoms with E-state index in [1.165, 1.54) is 6.20 Å². The summed E-state index contributed by atoms with van der Waals surface area (Å²) in [6.45, 7) is 4.21. The number of benzene rings is 1. The van der Waals surface area contributed by atoms with Gasteiger partial charge in [0, 0.05) is 49.2 Å². The molecule has 1 aromatic carbocycles. The molecule has 2 amide bonds. The topological polar surface area (TPSA) is 105 Å². The predicted molar refractivity (Wildman–Crippen MR) is 139 cm³/mol. The number of fused-ring (bicyclic) bond motifs is 1. The van der Waals surface area contributed by atoms with Gasteiger partial charge in [-0.15, -0.1) is 0 Å². The van der Waals surface area contributed by atoms with Crippen molar-refractivity contribution in [2.24, 2.45) is 5.92 Å². The predicted octanol–water partition coefficient (Wildman–Crippen LogP) is 3.14. The Hall–Kier alpha value is -3.98. The fraction of sp³-hybridized carbons (Fsp3) is 0.357. The third-order valence-electron chi connectivity index (χ3n) is 6.65. The molecule has 0 saturated heterocycles. The van der Waals surface area contributed by atoms with Crippen LogP contribution in [0.4, 0.5) is 0 Å². The molecule has 0 fully saturated rings. The van der Waals surface area contributed by atoms with Crippen LogP contribution in [0.15, 0.2) is 61.1 Å². The highest BCUT2D eigenvalue weighted by Gasteiger charge is 2.35. The molecule has 0 spiro atoms. The summed E-state index contributed by atoms with van der Waals surface area (Å²) in [7, 11) is 3.30. The van der Waals surface area contributed by atoms with Crippen molar-refractivity contribution in [3.05, 3.63) is 72.2 Å². The molecule has 0 bridgehead atoms. The van der Waals surface area contributed by atoms with E-state index in [1.807, 2.05) is 31.2 Å². The molecule has 3 aromatic rings. The molecule has 9 heteroatoms. The fourth-order valence-corrected chi connectivity index (χ4v) is 4.41. The lowest BCUT2D eigenvalue weighted by atomic mass is 9.99. The molecule has 1 aliphatic heterocycles. The van der Waals surface area contributed by atoms with Crippen molar-refractivity contribution >= 4 is 11.8 Å². The molecule has 194 valence electrons. The number of methoxy groups -OCH3 is 1. The maximum absolute atomic E-state index is 13.7. The zero-order valence-electron chi connectivity index (χ0n) is 21.5. The van der Waals surface area contributed by atoms with E-state index in [2.05, 4.69) is 9.97 Å². The zero-order valence-corrected chi connectivity index (χ0v) is 21.5. The van der Waals surface area contributed by atoms with Crippen LogP contribution in [0.2, 0.25) is 0 Å². The Morgan fingerprint density at radius 3 is 2.73 bits per heavy atom. The summed E-state index contributed by atoms with van der Waals surface area (Å²) in [5, 5.41) is 9.90. The Labute approximate surface area is 216 Å². The van der Waals surface area contributed by atoms with Gasteiger partial charge >= 0.3 is 0 Å². The average molecular weight is 505 g/mol. The highest BCUT2D eigenvalue weighted by atomic mass is 16.5. The first kappa shape index (κ1) is 26.1. The zero-order chi connectivity index (χ0) is 26.5. The lowest BCUT2D eigenvalue weighted by Crippen LogP contribution is -2.50. The van der Waals surface area contributed by atoms with Gasteiger partial charge in [0.05, 0.1) is 31.9 Å². The minimum Gasteiger partial charge on any atom is -0.496 e. The minimum absolute atomic E-state index is 0.147. The van der Waals surface area contributed by atoms with Crippen LogP contribution in [0.25, 0.3) is 11.1 Å². The summed E-state index contributed by atoms with van der Waals surface area (Å²) < 4.78 is 11.8. The molecule has 0 unspecified atom stereocenters. The second-order valence-electron chi connectivity index (χ2n) is 9.33. The molecule has 3 heterocycles. The lowest BCUT2D eigenvalue weighted by molar-refractivity contribution is 0.0313. The molecule has 9 nitrogen and oxygen atoms in total. The highest BCUT2D eigenvalue weighted by Crippen LogP contribution is 2.34. The first-order valence-electron chi connectivity index (χ1n) is 12.2. The van der Waals surface area contributed by atoms with Gasteiger partial charge in [-0.3, -0.25) is 14.6 Å². The first-order valence-corrected chi connectivity index (χ1v) is 12.2. The largest absolute Gasteiger partial charge is 0.496 e. The van der Waals surface area contributed by atoms with E-state index in [4.69, 9.17) is 9.47 Å². The molecule has 0 aliphatic carbocycles. The summed E-state index contributed by atoms with van der Waals surface area (Å²) >= 11 is 0. The van der Waals surface area contributed by atoms with Gasteiger partial charge in [0.2, 0.25) is 5.88 Å². The summed E-state index contributed by atoms with van der Waals surface area (Å²) in [4.78, 5) is 38.5. The Morgan fingerprint density at radius 1 is 1.24 bits per heavy atom. The third-order valence-corrected chi connectivity index (χ3v) is 6.65. The first-order chi connectivity index (χ1) is 17.8. The van der Waals surface area contributed by atoms with Crippen molar-refractivity contribution in [2.75, 3.05) is 33.9 Å². The number of carbonyl (C=O) groups is 2. The molecule has 1 N–H and O–H groups in total. The van der Waals surface area contributed by atoms with Crippen molar-refractivity contribution in [1.29, 1.82) is 0 Å². The van der Waals surface area contributed by atoms with Crippen molar-refractivity contribution in [1.82, 2.24) is 19.8 Å². The van der Waals surface area contributed by atoms with Crippen LogP contribution >= 0.6 is 0 Å². The van der Waals surface area contributed by atoms with Crippen LogP contribution in [0.3, 0.4) is 0 Å². The van der Waals surface area contributed by atoms with Crippen molar-refractivity contribution in [3.8, 4) is 22.8 Å². The Morgan fingerprint density at radius 2 is 2.03 bits per heavy atom. The number of aliphatic hydroxyl groups is 1. The van der Waals surface area contributed by atoms with Crippen LogP contribution < -0.4 is 9.47 Å². The van der Waals surface area contributed by atoms with Gasteiger partial charge in [0.25, 0.3) is 11.8 Å². The monoisotopic (exact) mass is 504 g/mol. The van der Waals surface area contributed by atoms with Gasteiger partial charge in [-0.1, -0.05) is 25.1 Å². The number of carbonyl (C=O) groups excluding carboxylic acids is 2. The number of rotatable bonds is 7. The van der Waals surface area contributed by atoms with E-state index in [9.17, 15) is 14.7 Å². The second-order valence-corrected chi connectivity index (χ2v) is 9.33. The minimum atomic E-state index is -0.449. The quantitative estimate of drug-likeness (QED) is 0.527. The Kier molecular flexibility index (Phi) is 8.03. The average Bonchev–Trinajstić information content (AvgIpc) is 2.94. The highest BCUT2D eigenvalue weighted by molar-refractivity contribution is 5.98. The van der Waals surface area contributed by atoms with Crippen molar-refractivity contribution in [2.45, 2.75) is 26.0 Å². The number of likely N-dealkylation sites (N-methyl/N-ethyl adjacent to an activating group) is 1. The fourth-order valence-electron chi connectivity index (χ4n) is 4.41. The number of nitrogens with zero attached hydrogens (tertiary/aromatic N) is 4. The van der Waals surface area contributed by atoms with Crippen LogP contribution in [0.5, 0.6) is 11.6 Å². The number of hydrogen-bond acceptors (Lipinski definition) is 7. The third kappa shape index (κ3) is 5.56. The number of amides is 2. The number of pyridine rings is 2. The van der Waals surface area contributed by atoms with E-state index in [0.717, 1.165) is 5.56 Å². The number of aromatic nitrogens is 2. The standard InChI is InChI=1S/C28H32N4O5/c1-18-15-32(19(2)17-33)28(35)23-12-21(22-9-5-6-10-24(22)36-4)14-30-26(23)37-25(18)16-31(3)27(34)20-8-7-11-29-13-20/h5-14,18-19,25,33H,15-17H2,1-4H3/t18-,19+,25-/m1/s1.